The molecule has 0 aliphatic rings. The first-order chi connectivity index (χ1) is 10.9. The number of benzene rings is 2. The second-order valence-corrected chi connectivity index (χ2v) is 7.01. The molecule has 0 atom stereocenters. The van der Waals surface area contributed by atoms with Crippen LogP contribution < -0.4 is 10.0 Å². The zero-order valence-corrected chi connectivity index (χ0v) is 14.1. The predicted molar refractivity (Wildman–Crippen MR) is 91.3 cm³/mol. The van der Waals surface area contributed by atoms with Gasteiger partial charge in [-0.25, -0.2) is 8.42 Å². The van der Waals surface area contributed by atoms with Gasteiger partial charge >= 0.3 is 0 Å². The van der Waals surface area contributed by atoms with Crippen molar-refractivity contribution in [3.05, 3.63) is 59.1 Å². The van der Waals surface area contributed by atoms with Crippen LogP contribution in [-0.2, 0) is 10.0 Å². The first-order valence-corrected chi connectivity index (χ1v) is 8.95. The van der Waals surface area contributed by atoms with Crippen molar-refractivity contribution in [3.63, 3.8) is 0 Å². The van der Waals surface area contributed by atoms with Crippen LogP contribution in [0.1, 0.15) is 23.7 Å². The van der Waals surface area contributed by atoms with E-state index in [4.69, 9.17) is 11.6 Å². The zero-order valence-electron chi connectivity index (χ0n) is 12.5. The normalized spacial score (nSPS) is 11.0. The number of hydrogen-bond donors (Lipinski definition) is 2. The Hall–Kier alpha value is -2.05. The first kappa shape index (κ1) is 17.3. The van der Waals surface area contributed by atoms with E-state index in [1.54, 1.807) is 30.3 Å². The van der Waals surface area contributed by atoms with E-state index in [1.807, 2.05) is 6.92 Å². The lowest BCUT2D eigenvalue weighted by molar-refractivity contribution is 0.0953. The standard InChI is InChI=1S/C16H17ClN2O3S/c1-2-10-18-16(20)12-4-3-5-15(11-12)23(21,22)19-14-8-6-13(17)7-9-14/h3-9,11,19H,2,10H2,1H3,(H,18,20). The maximum atomic E-state index is 12.4. The van der Waals surface area contributed by atoms with Crippen molar-refractivity contribution < 1.29 is 13.2 Å². The highest BCUT2D eigenvalue weighted by Gasteiger charge is 2.16. The van der Waals surface area contributed by atoms with Gasteiger partial charge in [0, 0.05) is 22.8 Å². The van der Waals surface area contributed by atoms with Crippen molar-refractivity contribution >= 4 is 33.2 Å². The molecule has 0 aromatic heterocycles. The Morgan fingerprint density at radius 2 is 1.83 bits per heavy atom. The maximum absolute atomic E-state index is 12.4. The quantitative estimate of drug-likeness (QED) is 0.837. The monoisotopic (exact) mass is 352 g/mol. The molecule has 0 aliphatic carbocycles. The number of nitrogens with one attached hydrogen (secondary N) is 2. The van der Waals surface area contributed by atoms with Gasteiger partial charge in [-0.1, -0.05) is 24.6 Å². The number of hydrogen-bond acceptors (Lipinski definition) is 3. The van der Waals surface area contributed by atoms with E-state index in [9.17, 15) is 13.2 Å². The van der Waals surface area contributed by atoms with E-state index in [1.165, 1.54) is 18.2 Å². The molecule has 0 aliphatic heterocycles. The number of carbonyl (C=O) groups is 1. The molecular formula is C16H17ClN2O3S. The molecule has 7 heteroatoms. The molecule has 2 aromatic rings. The molecule has 23 heavy (non-hydrogen) atoms. The van der Waals surface area contributed by atoms with E-state index < -0.39 is 10.0 Å². The van der Waals surface area contributed by atoms with Gasteiger partial charge in [-0.3, -0.25) is 9.52 Å². The highest BCUT2D eigenvalue weighted by molar-refractivity contribution is 7.92. The minimum Gasteiger partial charge on any atom is -0.352 e. The van der Waals surface area contributed by atoms with Crippen molar-refractivity contribution in [1.82, 2.24) is 5.32 Å². The highest BCUT2D eigenvalue weighted by atomic mass is 35.5. The van der Waals surface area contributed by atoms with Gasteiger partial charge in [0.25, 0.3) is 15.9 Å². The molecule has 2 N–H and O–H groups in total. The Morgan fingerprint density at radius 1 is 1.13 bits per heavy atom. The molecular weight excluding hydrogens is 336 g/mol. The lowest BCUT2D eigenvalue weighted by Gasteiger charge is -2.10. The van der Waals surface area contributed by atoms with Crippen molar-refractivity contribution in [2.24, 2.45) is 0 Å². The van der Waals surface area contributed by atoms with Crippen LogP contribution in [0.15, 0.2) is 53.4 Å². The zero-order chi connectivity index (χ0) is 16.9. The second kappa shape index (κ2) is 7.48. The average molecular weight is 353 g/mol. The molecule has 122 valence electrons. The number of amides is 1. The number of carbonyl (C=O) groups excluding carboxylic acids is 1. The Labute approximate surface area is 140 Å². The smallest absolute Gasteiger partial charge is 0.261 e. The average Bonchev–Trinajstić information content (AvgIpc) is 2.54. The van der Waals surface area contributed by atoms with Crippen LogP contribution in [0.4, 0.5) is 5.69 Å². The molecule has 2 rings (SSSR count). The van der Waals surface area contributed by atoms with Crippen molar-refractivity contribution in [2.75, 3.05) is 11.3 Å². The lowest BCUT2D eigenvalue weighted by atomic mass is 10.2. The molecule has 0 fully saturated rings. The lowest BCUT2D eigenvalue weighted by Crippen LogP contribution is -2.24. The van der Waals surface area contributed by atoms with Crippen LogP contribution in [0.5, 0.6) is 0 Å². The van der Waals surface area contributed by atoms with Gasteiger partial charge < -0.3 is 5.32 Å². The van der Waals surface area contributed by atoms with Crippen molar-refractivity contribution in [2.45, 2.75) is 18.2 Å². The van der Waals surface area contributed by atoms with E-state index in [-0.39, 0.29) is 10.8 Å². The van der Waals surface area contributed by atoms with Gasteiger partial charge in [-0.2, -0.15) is 0 Å². The van der Waals surface area contributed by atoms with Crippen molar-refractivity contribution in [1.29, 1.82) is 0 Å². The summed E-state index contributed by atoms with van der Waals surface area (Å²) in [6.07, 6.45) is 0.807. The topological polar surface area (TPSA) is 75.3 Å². The molecule has 0 radical (unpaired) electrons. The Morgan fingerprint density at radius 3 is 2.48 bits per heavy atom. The fourth-order valence-electron chi connectivity index (χ4n) is 1.88. The van der Waals surface area contributed by atoms with Gasteiger partial charge in [0.2, 0.25) is 0 Å². The SMILES string of the molecule is CCCNC(=O)c1cccc(S(=O)(=O)Nc2ccc(Cl)cc2)c1. The van der Waals surface area contributed by atoms with Gasteiger partial charge in [0.1, 0.15) is 0 Å². The van der Waals surface area contributed by atoms with E-state index >= 15 is 0 Å². The van der Waals surface area contributed by atoms with Crippen LogP contribution in [0.3, 0.4) is 0 Å². The molecule has 0 saturated heterocycles. The Kier molecular flexibility index (Phi) is 5.63. The van der Waals surface area contributed by atoms with Crippen LogP contribution in [0.2, 0.25) is 5.02 Å². The van der Waals surface area contributed by atoms with E-state index in [0.717, 1.165) is 6.42 Å². The summed E-state index contributed by atoms with van der Waals surface area (Å²) in [6, 6.07) is 12.2. The second-order valence-electron chi connectivity index (χ2n) is 4.90. The molecule has 0 saturated carbocycles. The van der Waals surface area contributed by atoms with Gasteiger partial charge in [-0.05, 0) is 48.9 Å². The van der Waals surface area contributed by atoms with Crippen LogP contribution in [-0.4, -0.2) is 20.9 Å². The van der Waals surface area contributed by atoms with Gasteiger partial charge in [0.15, 0.2) is 0 Å². The number of sulfonamides is 1. The first-order valence-electron chi connectivity index (χ1n) is 7.09. The van der Waals surface area contributed by atoms with E-state index in [0.29, 0.717) is 22.8 Å². The fourth-order valence-corrected chi connectivity index (χ4v) is 3.11. The van der Waals surface area contributed by atoms with Crippen LogP contribution >= 0.6 is 11.6 Å². The molecule has 1 amide bonds. The highest BCUT2D eigenvalue weighted by Crippen LogP contribution is 2.19. The summed E-state index contributed by atoms with van der Waals surface area (Å²) >= 11 is 5.78. The molecule has 0 unspecified atom stereocenters. The molecule has 0 spiro atoms. The van der Waals surface area contributed by atoms with Crippen LogP contribution in [0.25, 0.3) is 0 Å². The largest absolute Gasteiger partial charge is 0.352 e. The third-order valence-corrected chi connectivity index (χ3v) is 4.67. The summed E-state index contributed by atoms with van der Waals surface area (Å²) in [4.78, 5) is 12.0. The summed E-state index contributed by atoms with van der Waals surface area (Å²) < 4.78 is 27.3. The number of anilines is 1. The fraction of sp³-hybridized carbons (Fsp3) is 0.188. The van der Waals surface area contributed by atoms with Crippen LogP contribution in [0, 0.1) is 0 Å². The maximum Gasteiger partial charge on any atom is 0.261 e. The van der Waals surface area contributed by atoms with Gasteiger partial charge in [-0.15, -0.1) is 0 Å². The minimum atomic E-state index is -3.78. The Bertz CT molecular complexity index is 789. The summed E-state index contributed by atoms with van der Waals surface area (Å²) in [5.74, 6) is -0.296. The third-order valence-electron chi connectivity index (χ3n) is 3.04. The van der Waals surface area contributed by atoms with E-state index in [2.05, 4.69) is 10.0 Å². The molecule has 0 bridgehead atoms. The molecule has 0 heterocycles. The van der Waals surface area contributed by atoms with Gasteiger partial charge in [0.05, 0.1) is 4.90 Å². The summed E-state index contributed by atoms with van der Waals surface area (Å²) in [5, 5.41) is 3.23. The molecule has 2 aromatic carbocycles. The third kappa shape index (κ3) is 4.71. The minimum absolute atomic E-state index is 0.0246. The summed E-state index contributed by atoms with van der Waals surface area (Å²) in [7, 11) is -3.78. The molecule has 5 nitrogen and oxygen atoms in total. The summed E-state index contributed by atoms with van der Waals surface area (Å²) in [6.45, 7) is 2.48. The summed E-state index contributed by atoms with van der Waals surface area (Å²) in [5.41, 5.74) is 0.702. The Balaban J connectivity index is 2.22. The number of rotatable bonds is 6. The van der Waals surface area contributed by atoms with Crippen molar-refractivity contribution in [3.8, 4) is 0 Å². The number of halogens is 1. The predicted octanol–water partition coefficient (Wildman–Crippen LogP) is 3.28.